The first kappa shape index (κ1) is 15.6. The van der Waals surface area contributed by atoms with Gasteiger partial charge in [0.15, 0.2) is 17.3 Å². The molecule has 0 aliphatic carbocycles. The lowest BCUT2D eigenvalue weighted by Gasteiger charge is -2.08. The first-order valence-electron chi connectivity index (χ1n) is 6.76. The van der Waals surface area contributed by atoms with Crippen molar-refractivity contribution in [1.82, 2.24) is 0 Å². The Hall–Kier alpha value is -2.75. The molecule has 0 fully saturated rings. The van der Waals surface area contributed by atoms with Gasteiger partial charge >= 0.3 is 0 Å². The maximum atomic E-state index is 12.2. The van der Waals surface area contributed by atoms with E-state index in [2.05, 4.69) is 0 Å². The summed E-state index contributed by atoms with van der Waals surface area (Å²) < 4.78 is 15.5. The van der Waals surface area contributed by atoms with Gasteiger partial charge in [0.05, 0.1) is 21.3 Å². The minimum absolute atomic E-state index is 0.108. The second kappa shape index (κ2) is 7.31. The minimum Gasteiger partial charge on any atom is -0.497 e. The highest BCUT2D eigenvalue weighted by Crippen LogP contribution is 2.27. The summed E-state index contributed by atoms with van der Waals surface area (Å²) in [7, 11) is 4.71. The Morgan fingerprint density at radius 1 is 0.909 bits per heavy atom. The molecule has 0 amide bonds. The lowest BCUT2D eigenvalue weighted by molar-refractivity contribution is 0.104. The Bertz CT molecular complexity index is 689. The summed E-state index contributed by atoms with van der Waals surface area (Å²) in [6, 6.07) is 12.6. The molecule has 4 nitrogen and oxygen atoms in total. The molecule has 0 saturated carbocycles. The van der Waals surface area contributed by atoms with E-state index < -0.39 is 0 Å². The SMILES string of the molecule is COc1cccc(/C=C/C(=O)c2ccc(OC)c(OC)c2)c1. The standard InChI is InChI=1S/C18H18O4/c1-20-15-6-4-5-13(11-15)7-9-16(19)14-8-10-17(21-2)18(12-14)22-3/h4-12H,1-3H3/b9-7+. The summed E-state index contributed by atoms with van der Waals surface area (Å²) in [4.78, 5) is 12.2. The Morgan fingerprint density at radius 3 is 2.36 bits per heavy atom. The Labute approximate surface area is 129 Å². The van der Waals surface area contributed by atoms with Crippen LogP contribution in [0.15, 0.2) is 48.5 Å². The van der Waals surface area contributed by atoms with E-state index in [1.54, 1.807) is 38.5 Å². The second-order valence-electron chi connectivity index (χ2n) is 4.54. The molecule has 0 radical (unpaired) electrons. The van der Waals surface area contributed by atoms with E-state index in [1.165, 1.54) is 13.2 Å². The van der Waals surface area contributed by atoms with Crippen LogP contribution in [0.25, 0.3) is 6.08 Å². The fourth-order valence-electron chi connectivity index (χ4n) is 2.00. The van der Waals surface area contributed by atoms with Crippen molar-refractivity contribution in [3.8, 4) is 17.2 Å². The molecule has 114 valence electrons. The van der Waals surface area contributed by atoms with Crippen LogP contribution >= 0.6 is 0 Å². The number of allylic oxidation sites excluding steroid dienone is 1. The third kappa shape index (κ3) is 3.67. The molecular weight excluding hydrogens is 280 g/mol. The van der Waals surface area contributed by atoms with Crippen molar-refractivity contribution in [2.75, 3.05) is 21.3 Å². The van der Waals surface area contributed by atoms with Crippen molar-refractivity contribution in [2.45, 2.75) is 0 Å². The molecule has 0 aliphatic heterocycles. The molecule has 4 heteroatoms. The Morgan fingerprint density at radius 2 is 1.68 bits per heavy atom. The summed E-state index contributed by atoms with van der Waals surface area (Å²) in [6.07, 6.45) is 3.28. The van der Waals surface area contributed by atoms with Gasteiger partial charge in [-0.15, -0.1) is 0 Å². The molecule has 0 heterocycles. The highest BCUT2D eigenvalue weighted by molar-refractivity contribution is 6.07. The summed E-state index contributed by atoms with van der Waals surface area (Å²) in [5.74, 6) is 1.77. The first-order valence-corrected chi connectivity index (χ1v) is 6.76. The van der Waals surface area contributed by atoms with Crippen molar-refractivity contribution in [1.29, 1.82) is 0 Å². The highest BCUT2D eigenvalue weighted by Gasteiger charge is 2.08. The average Bonchev–Trinajstić information content (AvgIpc) is 2.59. The maximum absolute atomic E-state index is 12.2. The predicted molar refractivity (Wildman–Crippen MR) is 85.9 cm³/mol. The van der Waals surface area contributed by atoms with Crippen molar-refractivity contribution < 1.29 is 19.0 Å². The van der Waals surface area contributed by atoms with E-state index in [0.717, 1.165) is 11.3 Å². The molecule has 2 aromatic carbocycles. The average molecular weight is 298 g/mol. The van der Waals surface area contributed by atoms with Crippen LogP contribution in [0.2, 0.25) is 0 Å². The molecule has 0 spiro atoms. The number of ether oxygens (including phenoxy) is 3. The third-order valence-corrected chi connectivity index (χ3v) is 3.19. The Balaban J connectivity index is 2.19. The third-order valence-electron chi connectivity index (χ3n) is 3.19. The van der Waals surface area contributed by atoms with Gasteiger partial charge in [-0.25, -0.2) is 0 Å². The molecule has 0 aromatic heterocycles. The van der Waals surface area contributed by atoms with Crippen molar-refractivity contribution >= 4 is 11.9 Å². The number of rotatable bonds is 6. The number of hydrogen-bond acceptors (Lipinski definition) is 4. The number of carbonyl (C=O) groups is 1. The predicted octanol–water partition coefficient (Wildman–Crippen LogP) is 3.61. The van der Waals surface area contributed by atoms with Gasteiger partial charge in [-0.3, -0.25) is 4.79 Å². The van der Waals surface area contributed by atoms with Gasteiger partial charge in [0.1, 0.15) is 5.75 Å². The highest BCUT2D eigenvalue weighted by atomic mass is 16.5. The van der Waals surface area contributed by atoms with Crippen LogP contribution < -0.4 is 14.2 Å². The van der Waals surface area contributed by atoms with Crippen LogP contribution in [-0.2, 0) is 0 Å². The fourth-order valence-corrected chi connectivity index (χ4v) is 2.00. The van der Waals surface area contributed by atoms with Gasteiger partial charge in [-0.1, -0.05) is 18.2 Å². The zero-order valence-electron chi connectivity index (χ0n) is 12.8. The molecular formula is C18H18O4. The number of ketones is 1. The van der Waals surface area contributed by atoms with Gasteiger partial charge < -0.3 is 14.2 Å². The molecule has 0 unspecified atom stereocenters. The van der Waals surface area contributed by atoms with E-state index in [0.29, 0.717) is 17.1 Å². The zero-order chi connectivity index (χ0) is 15.9. The van der Waals surface area contributed by atoms with Crippen LogP contribution in [0.3, 0.4) is 0 Å². The summed E-state index contributed by atoms with van der Waals surface area (Å²) >= 11 is 0. The van der Waals surface area contributed by atoms with Crippen molar-refractivity contribution in [2.24, 2.45) is 0 Å². The van der Waals surface area contributed by atoms with Crippen LogP contribution in [0.4, 0.5) is 0 Å². The second-order valence-corrected chi connectivity index (χ2v) is 4.54. The summed E-state index contributed by atoms with van der Waals surface area (Å²) in [5, 5.41) is 0. The van der Waals surface area contributed by atoms with E-state index in [4.69, 9.17) is 14.2 Å². The van der Waals surface area contributed by atoms with Crippen molar-refractivity contribution in [3.05, 3.63) is 59.7 Å². The molecule has 2 aromatic rings. The number of hydrogen-bond donors (Lipinski definition) is 0. The lowest BCUT2D eigenvalue weighted by atomic mass is 10.1. The van der Waals surface area contributed by atoms with E-state index in [-0.39, 0.29) is 5.78 Å². The van der Waals surface area contributed by atoms with Gasteiger partial charge in [-0.2, -0.15) is 0 Å². The fraction of sp³-hybridized carbons (Fsp3) is 0.167. The summed E-state index contributed by atoms with van der Waals surface area (Å²) in [6.45, 7) is 0. The first-order chi connectivity index (χ1) is 10.7. The van der Waals surface area contributed by atoms with Crippen LogP contribution in [0.5, 0.6) is 17.2 Å². The van der Waals surface area contributed by atoms with E-state index >= 15 is 0 Å². The normalized spacial score (nSPS) is 10.5. The maximum Gasteiger partial charge on any atom is 0.185 e. The van der Waals surface area contributed by atoms with E-state index in [9.17, 15) is 4.79 Å². The van der Waals surface area contributed by atoms with Crippen LogP contribution in [0.1, 0.15) is 15.9 Å². The van der Waals surface area contributed by atoms with Gasteiger partial charge in [-0.05, 0) is 42.0 Å². The molecule has 0 atom stereocenters. The number of methoxy groups -OCH3 is 3. The quantitative estimate of drug-likeness (QED) is 0.603. The van der Waals surface area contributed by atoms with Gasteiger partial charge in [0.25, 0.3) is 0 Å². The van der Waals surface area contributed by atoms with Gasteiger partial charge in [0.2, 0.25) is 0 Å². The minimum atomic E-state index is -0.108. The lowest BCUT2D eigenvalue weighted by Crippen LogP contribution is -1.97. The van der Waals surface area contributed by atoms with E-state index in [1.807, 2.05) is 24.3 Å². The largest absolute Gasteiger partial charge is 0.497 e. The molecule has 22 heavy (non-hydrogen) atoms. The monoisotopic (exact) mass is 298 g/mol. The van der Waals surface area contributed by atoms with Crippen LogP contribution in [-0.4, -0.2) is 27.1 Å². The Kier molecular flexibility index (Phi) is 5.20. The van der Waals surface area contributed by atoms with Gasteiger partial charge in [0, 0.05) is 5.56 Å². The summed E-state index contributed by atoms with van der Waals surface area (Å²) in [5.41, 5.74) is 1.44. The van der Waals surface area contributed by atoms with Crippen molar-refractivity contribution in [3.63, 3.8) is 0 Å². The topological polar surface area (TPSA) is 44.8 Å². The van der Waals surface area contributed by atoms with Crippen LogP contribution in [0, 0.1) is 0 Å². The molecule has 0 saturated heterocycles. The number of benzene rings is 2. The molecule has 0 N–H and O–H groups in total. The molecule has 0 aliphatic rings. The smallest absolute Gasteiger partial charge is 0.185 e. The molecule has 0 bridgehead atoms. The molecule has 2 rings (SSSR count). The zero-order valence-corrected chi connectivity index (χ0v) is 12.8. The number of carbonyl (C=O) groups excluding carboxylic acids is 1.